The van der Waals surface area contributed by atoms with Crippen LogP contribution in [0, 0.1) is 0 Å². The Labute approximate surface area is 177 Å². The van der Waals surface area contributed by atoms with E-state index in [4.69, 9.17) is 23.2 Å². The third-order valence-corrected chi connectivity index (χ3v) is 5.06. The maximum atomic E-state index is 12.2. The van der Waals surface area contributed by atoms with Crippen molar-refractivity contribution in [2.24, 2.45) is 7.05 Å². The number of aromatic amines is 1. The van der Waals surface area contributed by atoms with Crippen LogP contribution in [0.3, 0.4) is 0 Å². The molecule has 0 radical (unpaired) electrons. The molecule has 0 fully saturated rings. The fourth-order valence-corrected chi connectivity index (χ4v) is 3.59. The molecule has 0 saturated carbocycles. The average molecular weight is 429 g/mol. The van der Waals surface area contributed by atoms with Gasteiger partial charge in [0.1, 0.15) is 5.82 Å². The van der Waals surface area contributed by atoms with E-state index >= 15 is 0 Å². The summed E-state index contributed by atoms with van der Waals surface area (Å²) in [4.78, 5) is 21.4. The van der Waals surface area contributed by atoms with Gasteiger partial charge in [-0.3, -0.25) is 9.48 Å². The summed E-state index contributed by atoms with van der Waals surface area (Å²) < 4.78 is 1.75. The van der Waals surface area contributed by atoms with Gasteiger partial charge in [0, 0.05) is 61.8 Å². The van der Waals surface area contributed by atoms with E-state index < -0.39 is 0 Å². The van der Waals surface area contributed by atoms with Crippen LogP contribution in [0.15, 0.2) is 42.9 Å². The number of hydrogen-bond acceptors (Lipinski definition) is 4. The summed E-state index contributed by atoms with van der Waals surface area (Å²) in [5, 5.41) is 8.99. The Morgan fingerprint density at radius 1 is 1.14 bits per heavy atom. The number of halogens is 2. The number of anilines is 2. The molecule has 0 aliphatic carbocycles. The number of nitrogens with one attached hydrogen (secondary N) is 2. The van der Waals surface area contributed by atoms with Gasteiger partial charge in [0.25, 0.3) is 5.91 Å². The molecule has 4 aromatic rings. The van der Waals surface area contributed by atoms with Crippen LogP contribution >= 0.6 is 23.2 Å². The molecule has 9 heteroatoms. The molecule has 1 amide bonds. The van der Waals surface area contributed by atoms with Gasteiger partial charge in [0.05, 0.1) is 27.4 Å². The normalized spacial score (nSPS) is 11.1. The zero-order chi connectivity index (χ0) is 20.7. The summed E-state index contributed by atoms with van der Waals surface area (Å²) in [6.45, 7) is 0. The monoisotopic (exact) mass is 428 g/mol. The van der Waals surface area contributed by atoms with Gasteiger partial charge in [-0.25, -0.2) is 4.98 Å². The SMILES string of the molecule is CN(C)C(=O)c1cc(Cl)c(Nc2cc3[nH]c(-c4cnn(C)c4)cc3cn2)c(Cl)c1. The van der Waals surface area contributed by atoms with Crippen molar-refractivity contribution in [3.05, 3.63) is 58.5 Å². The highest BCUT2D eigenvalue weighted by Gasteiger charge is 2.15. The molecule has 29 heavy (non-hydrogen) atoms. The predicted octanol–water partition coefficient (Wildman–Crippen LogP) is 4.72. The van der Waals surface area contributed by atoms with Crippen molar-refractivity contribution in [2.45, 2.75) is 0 Å². The molecular formula is C20H18Cl2N6O. The van der Waals surface area contributed by atoms with E-state index in [0.29, 0.717) is 27.1 Å². The van der Waals surface area contributed by atoms with Gasteiger partial charge >= 0.3 is 0 Å². The second-order valence-electron chi connectivity index (χ2n) is 6.88. The minimum Gasteiger partial charge on any atom is -0.354 e. The molecule has 0 unspecified atom stereocenters. The molecule has 0 aliphatic heterocycles. The fraction of sp³-hybridized carbons (Fsp3) is 0.150. The molecule has 0 spiro atoms. The first-order chi connectivity index (χ1) is 13.8. The first kappa shape index (κ1) is 19.3. The number of nitrogens with zero attached hydrogens (tertiary/aromatic N) is 4. The maximum Gasteiger partial charge on any atom is 0.253 e. The molecular weight excluding hydrogens is 411 g/mol. The van der Waals surface area contributed by atoms with Crippen LogP contribution in [0.5, 0.6) is 0 Å². The van der Waals surface area contributed by atoms with E-state index in [1.807, 2.05) is 25.4 Å². The quantitative estimate of drug-likeness (QED) is 0.492. The van der Waals surface area contributed by atoms with Gasteiger partial charge < -0.3 is 15.2 Å². The summed E-state index contributed by atoms with van der Waals surface area (Å²) >= 11 is 12.8. The lowest BCUT2D eigenvalue weighted by molar-refractivity contribution is 0.0827. The average Bonchev–Trinajstić information content (AvgIpc) is 3.29. The zero-order valence-corrected chi connectivity index (χ0v) is 17.5. The molecule has 1 aromatic carbocycles. The number of amides is 1. The third-order valence-electron chi connectivity index (χ3n) is 4.47. The van der Waals surface area contributed by atoms with Crippen molar-refractivity contribution < 1.29 is 4.79 Å². The van der Waals surface area contributed by atoms with Crippen molar-refractivity contribution >= 4 is 51.5 Å². The summed E-state index contributed by atoms with van der Waals surface area (Å²) in [5.41, 5.74) is 3.77. The summed E-state index contributed by atoms with van der Waals surface area (Å²) in [5.74, 6) is 0.404. The minimum absolute atomic E-state index is 0.172. The largest absolute Gasteiger partial charge is 0.354 e. The van der Waals surface area contributed by atoms with Gasteiger partial charge in [-0.15, -0.1) is 0 Å². The number of benzene rings is 1. The van der Waals surface area contributed by atoms with Crippen LogP contribution in [-0.2, 0) is 7.05 Å². The van der Waals surface area contributed by atoms with E-state index in [1.165, 1.54) is 4.90 Å². The highest BCUT2D eigenvalue weighted by Crippen LogP contribution is 2.35. The van der Waals surface area contributed by atoms with E-state index in [0.717, 1.165) is 22.2 Å². The van der Waals surface area contributed by atoms with E-state index in [1.54, 1.807) is 43.3 Å². The van der Waals surface area contributed by atoms with Crippen molar-refractivity contribution in [1.29, 1.82) is 0 Å². The van der Waals surface area contributed by atoms with Crippen LogP contribution in [-0.4, -0.2) is 44.7 Å². The standard InChI is InChI=1S/C20H18Cl2N6O/c1-27(2)20(29)11-4-14(21)19(15(22)5-11)26-18-7-17-12(8-23-18)6-16(25-17)13-9-24-28(3)10-13/h4-10,25H,1-3H3,(H,23,26). The minimum atomic E-state index is -0.172. The molecule has 0 aliphatic rings. The summed E-state index contributed by atoms with van der Waals surface area (Å²) in [6, 6.07) is 7.07. The van der Waals surface area contributed by atoms with Crippen LogP contribution in [0.25, 0.3) is 22.2 Å². The highest BCUT2D eigenvalue weighted by molar-refractivity contribution is 6.39. The lowest BCUT2D eigenvalue weighted by atomic mass is 10.2. The number of aryl methyl sites for hydroxylation is 1. The van der Waals surface area contributed by atoms with Gasteiger partial charge in [-0.05, 0) is 18.2 Å². The van der Waals surface area contributed by atoms with Gasteiger partial charge in [-0.2, -0.15) is 5.10 Å². The molecule has 7 nitrogen and oxygen atoms in total. The Morgan fingerprint density at radius 3 is 2.48 bits per heavy atom. The molecule has 2 N–H and O–H groups in total. The Balaban J connectivity index is 1.65. The lowest BCUT2D eigenvalue weighted by Crippen LogP contribution is -2.21. The maximum absolute atomic E-state index is 12.2. The molecule has 148 valence electrons. The van der Waals surface area contributed by atoms with Crippen LogP contribution < -0.4 is 5.32 Å². The van der Waals surface area contributed by atoms with Crippen molar-refractivity contribution in [3.63, 3.8) is 0 Å². The van der Waals surface area contributed by atoms with Crippen LogP contribution in [0.2, 0.25) is 10.0 Å². The molecule has 3 aromatic heterocycles. The molecule has 0 atom stereocenters. The Bertz CT molecular complexity index is 1200. The number of carbonyl (C=O) groups excluding carboxylic acids is 1. The number of pyridine rings is 1. The van der Waals surface area contributed by atoms with Crippen LogP contribution in [0.1, 0.15) is 10.4 Å². The number of fused-ring (bicyclic) bond motifs is 1. The molecule has 4 rings (SSSR count). The topological polar surface area (TPSA) is 78.8 Å². The number of H-pyrrole nitrogens is 1. The summed E-state index contributed by atoms with van der Waals surface area (Å²) in [7, 11) is 5.22. The molecule has 0 saturated heterocycles. The second kappa shape index (κ2) is 7.42. The van der Waals surface area contributed by atoms with E-state index in [-0.39, 0.29) is 5.91 Å². The smallest absolute Gasteiger partial charge is 0.253 e. The third kappa shape index (κ3) is 3.79. The zero-order valence-electron chi connectivity index (χ0n) is 16.0. The Kier molecular flexibility index (Phi) is 4.94. The first-order valence-electron chi connectivity index (χ1n) is 8.77. The molecule has 3 heterocycles. The Morgan fingerprint density at radius 2 is 1.86 bits per heavy atom. The lowest BCUT2D eigenvalue weighted by Gasteiger charge is -2.14. The fourth-order valence-electron chi connectivity index (χ4n) is 3.01. The Hall–Kier alpha value is -3.03. The highest BCUT2D eigenvalue weighted by atomic mass is 35.5. The van der Waals surface area contributed by atoms with Crippen LogP contribution in [0.4, 0.5) is 11.5 Å². The predicted molar refractivity (Wildman–Crippen MR) is 116 cm³/mol. The van der Waals surface area contributed by atoms with Gasteiger partial charge in [0.15, 0.2) is 0 Å². The molecule has 0 bridgehead atoms. The van der Waals surface area contributed by atoms with Gasteiger partial charge in [0.2, 0.25) is 0 Å². The van der Waals surface area contributed by atoms with E-state index in [9.17, 15) is 4.79 Å². The van der Waals surface area contributed by atoms with Crippen molar-refractivity contribution in [3.8, 4) is 11.3 Å². The van der Waals surface area contributed by atoms with Crippen molar-refractivity contribution in [2.75, 3.05) is 19.4 Å². The summed E-state index contributed by atoms with van der Waals surface area (Å²) in [6.07, 6.45) is 5.50. The number of carbonyl (C=O) groups is 1. The number of hydrogen-bond donors (Lipinski definition) is 2. The van der Waals surface area contributed by atoms with Crippen molar-refractivity contribution in [1.82, 2.24) is 24.6 Å². The number of aromatic nitrogens is 4. The first-order valence-corrected chi connectivity index (χ1v) is 9.53. The number of rotatable bonds is 4. The second-order valence-corrected chi connectivity index (χ2v) is 7.70. The van der Waals surface area contributed by atoms with E-state index in [2.05, 4.69) is 20.4 Å². The van der Waals surface area contributed by atoms with Gasteiger partial charge in [-0.1, -0.05) is 23.2 Å².